The number of benzene rings is 2. The van der Waals surface area contributed by atoms with Crippen LogP contribution in [0.5, 0.6) is 5.75 Å². The second kappa shape index (κ2) is 5.34. The molecule has 0 aromatic heterocycles. The molecular weight excluding hydrogens is 296 g/mol. The summed E-state index contributed by atoms with van der Waals surface area (Å²) in [6.45, 7) is 10.1. The molecule has 1 aliphatic carbocycles. The van der Waals surface area contributed by atoms with Crippen molar-refractivity contribution in [2.45, 2.75) is 45.4 Å². The van der Waals surface area contributed by atoms with Gasteiger partial charge in [0, 0.05) is 10.8 Å². The minimum Gasteiger partial charge on any atom is -0.508 e. The summed E-state index contributed by atoms with van der Waals surface area (Å²) in [5.74, 6) is 0.549. The Balaban J connectivity index is 2.04. The van der Waals surface area contributed by atoms with Gasteiger partial charge in [-0.15, -0.1) is 0 Å². The Bertz CT molecular complexity index is 837. The normalized spacial score (nSPS) is 18.5. The minimum atomic E-state index is -0.449. The van der Waals surface area contributed by atoms with Crippen molar-refractivity contribution in [3.8, 4) is 5.75 Å². The van der Waals surface area contributed by atoms with Crippen LogP contribution < -0.4 is 0 Å². The maximum atomic E-state index is 12.8. The largest absolute Gasteiger partial charge is 0.508 e. The molecule has 2 nitrogen and oxygen atoms in total. The lowest BCUT2D eigenvalue weighted by atomic mass is 9.80. The average Bonchev–Trinajstić information content (AvgIpc) is 2.66. The molecule has 124 valence electrons. The number of aromatic hydroxyl groups is 1. The number of allylic oxidation sites excluding steroid dienone is 1. The van der Waals surface area contributed by atoms with Crippen molar-refractivity contribution in [2.75, 3.05) is 0 Å². The zero-order chi connectivity index (χ0) is 17.7. The van der Waals surface area contributed by atoms with Crippen LogP contribution in [-0.4, -0.2) is 10.9 Å². The number of phenols is 1. The number of rotatable bonds is 2. The summed E-state index contributed by atoms with van der Waals surface area (Å²) in [4.78, 5) is 12.8. The topological polar surface area (TPSA) is 37.3 Å². The fourth-order valence-corrected chi connectivity index (χ4v) is 3.80. The van der Waals surface area contributed by atoms with Crippen LogP contribution in [-0.2, 0) is 15.6 Å². The van der Waals surface area contributed by atoms with Gasteiger partial charge in [-0.2, -0.15) is 0 Å². The SMILES string of the molecule is CC(=Cc1ccc2c(c1)C(C)(C)C(=O)C2(C)C)c1ccc(O)cc1. The maximum Gasteiger partial charge on any atom is 0.152 e. The van der Waals surface area contributed by atoms with Gasteiger partial charge >= 0.3 is 0 Å². The molecule has 1 N–H and O–H groups in total. The number of phenolic OH excluding ortho intramolecular Hbond substituents is 1. The minimum absolute atomic E-state index is 0.270. The van der Waals surface area contributed by atoms with Gasteiger partial charge < -0.3 is 5.11 Å². The molecule has 0 unspecified atom stereocenters. The van der Waals surface area contributed by atoms with Gasteiger partial charge in [0.25, 0.3) is 0 Å². The number of hydrogen-bond donors (Lipinski definition) is 1. The highest BCUT2D eigenvalue weighted by atomic mass is 16.3. The smallest absolute Gasteiger partial charge is 0.152 e. The standard InChI is InChI=1S/C22H24O2/c1-14(16-7-9-17(23)10-8-16)12-15-6-11-18-19(13-15)22(4,5)20(24)21(18,2)3/h6-13,23H,1-5H3. The van der Waals surface area contributed by atoms with E-state index in [-0.39, 0.29) is 11.5 Å². The summed E-state index contributed by atoms with van der Waals surface area (Å²) in [5.41, 5.74) is 4.68. The Morgan fingerprint density at radius 2 is 1.50 bits per heavy atom. The summed E-state index contributed by atoms with van der Waals surface area (Å²) in [6.07, 6.45) is 2.12. The first-order chi connectivity index (χ1) is 11.1. The number of hydrogen-bond acceptors (Lipinski definition) is 2. The van der Waals surface area contributed by atoms with Crippen LogP contribution in [0.15, 0.2) is 42.5 Å². The molecule has 2 aromatic rings. The maximum absolute atomic E-state index is 12.8. The van der Waals surface area contributed by atoms with Crippen molar-refractivity contribution in [1.82, 2.24) is 0 Å². The van der Waals surface area contributed by atoms with Crippen molar-refractivity contribution in [3.63, 3.8) is 0 Å². The van der Waals surface area contributed by atoms with Crippen molar-refractivity contribution < 1.29 is 9.90 Å². The van der Waals surface area contributed by atoms with E-state index in [0.717, 1.165) is 27.8 Å². The zero-order valence-corrected chi connectivity index (χ0v) is 15.0. The van der Waals surface area contributed by atoms with Crippen molar-refractivity contribution >= 4 is 17.4 Å². The predicted molar refractivity (Wildman–Crippen MR) is 99.2 cm³/mol. The van der Waals surface area contributed by atoms with E-state index in [0.29, 0.717) is 0 Å². The second-order valence-corrected chi connectivity index (χ2v) is 7.76. The number of ketones is 1. The Morgan fingerprint density at radius 3 is 2.12 bits per heavy atom. The van der Waals surface area contributed by atoms with Gasteiger partial charge in [0.1, 0.15) is 5.75 Å². The van der Waals surface area contributed by atoms with Gasteiger partial charge in [-0.1, -0.05) is 36.4 Å². The summed E-state index contributed by atoms with van der Waals surface area (Å²) in [6, 6.07) is 13.5. The van der Waals surface area contributed by atoms with E-state index in [2.05, 4.69) is 31.2 Å². The van der Waals surface area contributed by atoms with Gasteiger partial charge in [0.05, 0.1) is 0 Å². The summed E-state index contributed by atoms with van der Waals surface area (Å²) >= 11 is 0. The van der Waals surface area contributed by atoms with Crippen molar-refractivity contribution in [2.24, 2.45) is 0 Å². The van der Waals surface area contributed by atoms with Gasteiger partial charge in [-0.25, -0.2) is 0 Å². The summed E-state index contributed by atoms with van der Waals surface area (Å²) in [5, 5.41) is 9.41. The quantitative estimate of drug-likeness (QED) is 0.783. The monoisotopic (exact) mass is 320 g/mol. The van der Waals surface area contributed by atoms with E-state index < -0.39 is 10.8 Å². The van der Waals surface area contributed by atoms with Gasteiger partial charge in [-0.3, -0.25) is 4.79 Å². The molecule has 0 amide bonds. The van der Waals surface area contributed by atoms with E-state index in [1.807, 2.05) is 39.8 Å². The van der Waals surface area contributed by atoms with Crippen LogP contribution in [0.25, 0.3) is 11.6 Å². The fourth-order valence-electron chi connectivity index (χ4n) is 3.80. The highest BCUT2D eigenvalue weighted by Crippen LogP contribution is 2.46. The third kappa shape index (κ3) is 2.47. The predicted octanol–water partition coefficient (Wildman–Crippen LogP) is 5.09. The lowest BCUT2D eigenvalue weighted by Crippen LogP contribution is -2.33. The zero-order valence-electron chi connectivity index (χ0n) is 15.0. The molecule has 0 spiro atoms. The molecule has 1 aliphatic rings. The summed E-state index contributed by atoms with van der Waals surface area (Å²) in [7, 11) is 0. The van der Waals surface area contributed by atoms with Crippen molar-refractivity contribution in [1.29, 1.82) is 0 Å². The van der Waals surface area contributed by atoms with E-state index in [9.17, 15) is 9.90 Å². The number of carbonyl (C=O) groups is 1. The molecule has 0 heterocycles. The Labute approximate surface area is 143 Å². The van der Waals surface area contributed by atoms with Crippen LogP contribution in [0.1, 0.15) is 56.9 Å². The Hall–Kier alpha value is -2.35. The number of fused-ring (bicyclic) bond motifs is 1. The lowest BCUT2D eigenvalue weighted by Gasteiger charge is -2.21. The molecule has 0 saturated carbocycles. The van der Waals surface area contributed by atoms with Gasteiger partial charge in [-0.05, 0) is 74.6 Å². The molecule has 2 heteroatoms. The number of carbonyl (C=O) groups excluding carboxylic acids is 1. The second-order valence-electron chi connectivity index (χ2n) is 7.76. The molecule has 0 radical (unpaired) electrons. The molecule has 3 rings (SSSR count). The van der Waals surface area contributed by atoms with Crippen LogP contribution in [0.3, 0.4) is 0 Å². The van der Waals surface area contributed by atoms with Gasteiger partial charge in [0.2, 0.25) is 0 Å². The Kier molecular flexibility index (Phi) is 3.67. The van der Waals surface area contributed by atoms with Gasteiger partial charge in [0.15, 0.2) is 5.78 Å². The molecule has 0 atom stereocenters. The van der Waals surface area contributed by atoms with E-state index >= 15 is 0 Å². The molecule has 0 aliphatic heterocycles. The molecule has 0 saturated heterocycles. The van der Waals surface area contributed by atoms with Crippen LogP contribution >= 0.6 is 0 Å². The van der Waals surface area contributed by atoms with E-state index in [1.165, 1.54) is 0 Å². The van der Waals surface area contributed by atoms with Crippen molar-refractivity contribution in [3.05, 3.63) is 64.7 Å². The molecule has 0 fully saturated rings. The fraction of sp³-hybridized carbons (Fsp3) is 0.318. The third-order valence-electron chi connectivity index (χ3n) is 5.23. The Morgan fingerprint density at radius 1 is 0.917 bits per heavy atom. The molecule has 24 heavy (non-hydrogen) atoms. The van der Waals surface area contributed by atoms with Crippen LogP contribution in [0, 0.1) is 0 Å². The van der Waals surface area contributed by atoms with E-state index in [1.54, 1.807) is 12.1 Å². The van der Waals surface area contributed by atoms with E-state index in [4.69, 9.17) is 0 Å². The highest BCUT2D eigenvalue weighted by molar-refractivity contribution is 6.03. The first-order valence-corrected chi connectivity index (χ1v) is 8.31. The molecule has 0 bridgehead atoms. The first kappa shape index (κ1) is 16.5. The average molecular weight is 320 g/mol. The third-order valence-corrected chi connectivity index (χ3v) is 5.23. The first-order valence-electron chi connectivity index (χ1n) is 8.31. The van der Waals surface area contributed by atoms with Crippen LogP contribution in [0.2, 0.25) is 0 Å². The number of Topliss-reactive ketones (excluding diaryl/α,β-unsaturated/α-hetero) is 1. The lowest BCUT2D eigenvalue weighted by molar-refractivity contribution is -0.126. The molecule has 2 aromatic carbocycles. The van der Waals surface area contributed by atoms with Crippen LogP contribution in [0.4, 0.5) is 0 Å². The highest BCUT2D eigenvalue weighted by Gasteiger charge is 2.50. The summed E-state index contributed by atoms with van der Waals surface area (Å²) < 4.78 is 0. The molecular formula is C22H24O2.